The van der Waals surface area contributed by atoms with Gasteiger partial charge in [-0.05, 0) is 51.8 Å². The molecule has 2 atom stereocenters. The third-order valence-corrected chi connectivity index (χ3v) is 5.59. The molecule has 3 heterocycles. The Bertz CT molecular complexity index is 1240. The average Bonchev–Trinajstić information content (AvgIpc) is 3.14. The number of H-pyrrole nitrogens is 1. The fourth-order valence-electron chi connectivity index (χ4n) is 4.08. The van der Waals surface area contributed by atoms with Gasteiger partial charge in [-0.15, -0.1) is 0 Å². The molecule has 0 amide bonds. The second kappa shape index (κ2) is 8.71. The maximum absolute atomic E-state index is 12.7. The van der Waals surface area contributed by atoms with E-state index in [1.807, 2.05) is 51.1 Å². The molecule has 0 bridgehead atoms. The summed E-state index contributed by atoms with van der Waals surface area (Å²) >= 11 is 0. The SMILES string of the molecule is CC(C)(C)OC(=O)[C@@H]1CC[C@@](CC#N)(n2nc(Nc3ccccc3)c3c(=O)[nH]ccc32)CO1. The van der Waals surface area contributed by atoms with E-state index in [0.717, 1.165) is 5.69 Å². The number of nitrogens with zero attached hydrogens (tertiary/aromatic N) is 3. The van der Waals surface area contributed by atoms with Crippen LogP contribution in [-0.2, 0) is 19.8 Å². The van der Waals surface area contributed by atoms with E-state index in [9.17, 15) is 14.9 Å². The zero-order valence-corrected chi connectivity index (χ0v) is 18.9. The molecule has 0 unspecified atom stereocenters. The molecule has 9 nitrogen and oxygen atoms in total. The number of aromatic amines is 1. The molecule has 3 aromatic rings. The number of carbonyl (C=O) groups is 1. The van der Waals surface area contributed by atoms with Crippen molar-refractivity contribution in [3.05, 3.63) is 52.9 Å². The highest BCUT2D eigenvalue weighted by Crippen LogP contribution is 2.37. The maximum atomic E-state index is 12.7. The number of aromatic nitrogens is 3. The molecule has 1 saturated heterocycles. The maximum Gasteiger partial charge on any atom is 0.335 e. The van der Waals surface area contributed by atoms with Crippen molar-refractivity contribution in [2.24, 2.45) is 0 Å². The first-order valence-electron chi connectivity index (χ1n) is 10.9. The zero-order chi connectivity index (χ0) is 23.6. The van der Waals surface area contributed by atoms with E-state index in [4.69, 9.17) is 14.6 Å². The normalized spacial score (nSPS) is 20.8. The third kappa shape index (κ3) is 4.61. The fraction of sp³-hybridized carbons (Fsp3) is 0.417. The van der Waals surface area contributed by atoms with Gasteiger partial charge in [0.2, 0.25) is 0 Å². The van der Waals surface area contributed by atoms with Gasteiger partial charge in [0.1, 0.15) is 11.0 Å². The van der Waals surface area contributed by atoms with E-state index in [1.54, 1.807) is 16.9 Å². The number of rotatable bonds is 5. The van der Waals surface area contributed by atoms with Crippen molar-refractivity contribution < 1.29 is 14.3 Å². The monoisotopic (exact) mass is 449 g/mol. The smallest absolute Gasteiger partial charge is 0.335 e. The lowest BCUT2D eigenvalue weighted by molar-refractivity contribution is -0.176. The average molecular weight is 450 g/mol. The van der Waals surface area contributed by atoms with E-state index >= 15 is 0 Å². The van der Waals surface area contributed by atoms with Gasteiger partial charge in [0.25, 0.3) is 5.56 Å². The summed E-state index contributed by atoms with van der Waals surface area (Å²) in [5.41, 5.74) is -0.347. The number of ether oxygens (including phenoxy) is 2. The lowest BCUT2D eigenvalue weighted by Crippen LogP contribution is -2.47. The van der Waals surface area contributed by atoms with Gasteiger partial charge < -0.3 is 19.8 Å². The first kappa shape index (κ1) is 22.6. The van der Waals surface area contributed by atoms with E-state index in [2.05, 4.69) is 16.4 Å². The molecule has 33 heavy (non-hydrogen) atoms. The lowest BCUT2D eigenvalue weighted by atomic mass is 9.87. The Kier molecular flexibility index (Phi) is 5.95. The van der Waals surface area contributed by atoms with E-state index in [1.165, 1.54) is 0 Å². The molecular formula is C24H27N5O4. The minimum absolute atomic E-state index is 0.0961. The van der Waals surface area contributed by atoms with Crippen molar-refractivity contribution in [2.75, 3.05) is 11.9 Å². The van der Waals surface area contributed by atoms with Gasteiger partial charge in [-0.2, -0.15) is 10.4 Å². The van der Waals surface area contributed by atoms with Crippen LogP contribution >= 0.6 is 0 Å². The van der Waals surface area contributed by atoms with Crippen LogP contribution in [0.5, 0.6) is 0 Å². The Labute approximate surface area is 191 Å². The molecule has 0 saturated carbocycles. The van der Waals surface area contributed by atoms with Gasteiger partial charge >= 0.3 is 5.97 Å². The molecule has 2 N–H and O–H groups in total. The molecule has 1 aliphatic rings. The highest BCUT2D eigenvalue weighted by atomic mass is 16.6. The highest BCUT2D eigenvalue weighted by Gasteiger charge is 2.43. The van der Waals surface area contributed by atoms with Crippen LogP contribution in [0, 0.1) is 11.3 Å². The standard InChI is InChI=1S/C24H27N5O4/c1-23(2,3)33-22(31)18-9-11-24(12-13-25,15-32-18)29-17-10-14-26-21(30)19(17)20(28-29)27-16-7-5-4-6-8-16/h4-8,10,14,18H,9,11-12,15H2,1-3H3,(H,26,30)(H,27,28)/t18-,24-/m0/s1. The summed E-state index contributed by atoms with van der Waals surface area (Å²) in [7, 11) is 0. The fourth-order valence-corrected chi connectivity index (χ4v) is 4.08. The van der Waals surface area contributed by atoms with Crippen molar-refractivity contribution in [2.45, 2.75) is 57.3 Å². The van der Waals surface area contributed by atoms with Crippen LogP contribution < -0.4 is 10.9 Å². The van der Waals surface area contributed by atoms with Gasteiger partial charge in [0.15, 0.2) is 11.9 Å². The number of carbonyl (C=O) groups excluding carboxylic acids is 1. The second-order valence-corrected chi connectivity index (χ2v) is 9.25. The second-order valence-electron chi connectivity index (χ2n) is 9.25. The molecule has 4 rings (SSSR count). The zero-order valence-electron chi connectivity index (χ0n) is 18.9. The summed E-state index contributed by atoms with van der Waals surface area (Å²) in [6.07, 6.45) is 1.81. The molecule has 172 valence electrons. The minimum atomic E-state index is -0.823. The van der Waals surface area contributed by atoms with Crippen LogP contribution in [-0.4, -0.2) is 39.0 Å². The lowest BCUT2D eigenvalue weighted by Gasteiger charge is -2.39. The number of benzene rings is 1. The quantitative estimate of drug-likeness (QED) is 0.571. The predicted octanol–water partition coefficient (Wildman–Crippen LogP) is 3.60. The number of anilines is 2. The molecule has 1 aliphatic heterocycles. The number of nitriles is 1. The van der Waals surface area contributed by atoms with Gasteiger partial charge in [-0.1, -0.05) is 18.2 Å². The predicted molar refractivity (Wildman–Crippen MR) is 123 cm³/mol. The summed E-state index contributed by atoms with van der Waals surface area (Å²) < 4.78 is 13.1. The summed E-state index contributed by atoms with van der Waals surface area (Å²) in [6.45, 7) is 5.52. The van der Waals surface area contributed by atoms with Crippen LogP contribution in [0.1, 0.15) is 40.0 Å². The van der Waals surface area contributed by atoms with Crippen LogP contribution in [0.15, 0.2) is 47.4 Å². The number of hydrogen-bond donors (Lipinski definition) is 2. The summed E-state index contributed by atoms with van der Waals surface area (Å²) in [6, 6.07) is 13.4. The van der Waals surface area contributed by atoms with Gasteiger partial charge in [-0.25, -0.2) is 4.79 Å². The van der Waals surface area contributed by atoms with Gasteiger partial charge in [-0.3, -0.25) is 9.48 Å². The summed E-state index contributed by atoms with van der Waals surface area (Å²) in [4.78, 5) is 27.9. The molecule has 0 spiro atoms. The molecule has 0 aliphatic carbocycles. The number of nitrogens with one attached hydrogen (secondary N) is 2. The molecular weight excluding hydrogens is 422 g/mol. The van der Waals surface area contributed by atoms with E-state index in [-0.39, 0.29) is 18.6 Å². The van der Waals surface area contributed by atoms with Gasteiger partial charge in [0, 0.05) is 11.9 Å². The number of fused-ring (bicyclic) bond motifs is 1. The first-order chi connectivity index (χ1) is 15.7. The van der Waals surface area contributed by atoms with Crippen molar-refractivity contribution in [3.8, 4) is 6.07 Å². The Morgan fingerprint density at radius 2 is 2.12 bits per heavy atom. The largest absolute Gasteiger partial charge is 0.458 e. The Morgan fingerprint density at radius 1 is 1.36 bits per heavy atom. The van der Waals surface area contributed by atoms with Crippen LogP contribution in [0.4, 0.5) is 11.5 Å². The topological polar surface area (TPSA) is 122 Å². The Morgan fingerprint density at radius 3 is 2.76 bits per heavy atom. The van der Waals surface area contributed by atoms with Crippen molar-refractivity contribution in [1.82, 2.24) is 14.8 Å². The minimum Gasteiger partial charge on any atom is -0.458 e. The van der Waals surface area contributed by atoms with E-state index in [0.29, 0.717) is 29.6 Å². The number of hydrogen-bond acceptors (Lipinski definition) is 7. The van der Waals surface area contributed by atoms with Gasteiger partial charge in [0.05, 0.1) is 30.2 Å². The Balaban J connectivity index is 1.70. The van der Waals surface area contributed by atoms with E-state index < -0.39 is 23.2 Å². The molecule has 9 heteroatoms. The molecule has 1 aromatic carbocycles. The van der Waals surface area contributed by atoms with Crippen molar-refractivity contribution in [3.63, 3.8) is 0 Å². The molecule has 0 radical (unpaired) electrons. The number of esters is 1. The van der Waals surface area contributed by atoms with Crippen molar-refractivity contribution >= 4 is 28.4 Å². The van der Waals surface area contributed by atoms with Crippen molar-refractivity contribution in [1.29, 1.82) is 5.26 Å². The highest BCUT2D eigenvalue weighted by molar-refractivity contribution is 5.91. The molecule has 2 aromatic heterocycles. The first-order valence-corrected chi connectivity index (χ1v) is 10.9. The number of para-hydroxylation sites is 1. The third-order valence-electron chi connectivity index (χ3n) is 5.59. The number of pyridine rings is 1. The van der Waals surface area contributed by atoms with Crippen LogP contribution in [0.25, 0.3) is 10.9 Å². The summed E-state index contributed by atoms with van der Waals surface area (Å²) in [5.74, 6) is -0.0223. The van der Waals surface area contributed by atoms with Crippen LogP contribution in [0.2, 0.25) is 0 Å². The Hall–Kier alpha value is -3.64. The summed E-state index contributed by atoms with van der Waals surface area (Å²) in [5, 5.41) is 18.0. The molecule has 1 fully saturated rings. The van der Waals surface area contributed by atoms with Crippen LogP contribution in [0.3, 0.4) is 0 Å².